The highest BCUT2D eigenvalue weighted by Gasteiger charge is 2.06. The highest BCUT2D eigenvalue weighted by atomic mass is 16.5. The summed E-state index contributed by atoms with van der Waals surface area (Å²) in [5.74, 6) is 1.10. The van der Waals surface area contributed by atoms with E-state index in [1.807, 2.05) is 6.07 Å². The van der Waals surface area contributed by atoms with Crippen LogP contribution in [0.4, 0.5) is 5.82 Å². The Bertz CT molecular complexity index is 573. The lowest BCUT2D eigenvalue weighted by atomic mass is 10.2. The molecule has 0 unspecified atom stereocenters. The molecule has 0 aliphatic heterocycles. The second-order valence-corrected chi connectivity index (χ2v) is 3.19. The van der Waals surface area contributed by atoms with E-state index < -0.39 is 0 Å². The lowest BCUT2D eigenvalue weighted by molar-refractivity contribution is 0.398. The van der Waals surface area contributed by atoms with E-state index in [2.05, 4.69) is 15.0 Å². The van der Waals surface area contributed by atoms with Crippen LogP contribution in [0.3, 0.4) is 0 Å². The van der Waals surface area contributed by atoms with Crippen molar-refractivity contribution in [3.05, 3.63) is 30.1 Å². The number of nitrogens with zero attached hydrogens (tertiary/aromatic N) is 4. The summed E-state index contributed by atoms with van der Waals surface area (Å²) >= 11 is 0. The molecule has 0 aliphatic rings. The summed E-state index contributed by atoms with van der Waals surface area (Å²) < 4.78 is 4.95. The minimum Gasteiger partial charge on any atom is -0.481 e. The number of hydrogen-bond donors (Lipinski definition) is 1. The fraction of sp³-hybridized carbons (Fsp3) is 0.0909. The van der Waals surface area contributed by atoms with E-state index in [1.54, 1.807) is 18.3 Å². The highest BCUT2D eigenvalue weighted by Crippen LogP contribution is 2.18. The number of hydrogen-bond acceptors (Lipinski definition) is 6. The van der Waals surface area contributed by atoms with Gasteiger partial charge in [-0.25, -0.2) is 15.0 Å². The Morgan fingerprint density at radius 1 is 1.29 bits per heavy atom. The van der Waals surface area contributed by atoms with Gasteiger partial charge in [-0.3, -0.25) is 0 Å². The van der Waals surface area contributed by atoms with Gasteiger partial charge < -0.3 is 10.5 Å². The van der Waals surface area contributed by atoms with Crippen LogP contribution in [-0.4, -0.2) is 22.1 Å². The van der Waals surface area contributed by atoms with Gasteiger partial charge in [-0.05, 0) is 6.07 Å². The molecule has 17 heavy (non-hydrogen) atoms. The Kier molecular flexibility index (Phi) is 2.83. The molecule has 84 valence electrons. The van der Waals surface area contributed by atoms with Crippen LogP contribution in [0.25, 0.3) is 11.4 Å². The normalized spacial score (nSPS) is 9.65. The van der Waals surface area contributed by atoms with Crippen molar-refractivity contribution in [2.75, 3.05) is 12.8 Å². The Morgan fingerprint density at radius 2 is 2.12 bits per heavy atom. The quantitative estimate of drug-likeness (QED) is 0.821. The zero-order valence-electron chi connectivity index (χ0n) is 9.08. The molecule has 2 aromatic heterocycles. The predicted octanol–water partition coefficient (Wildman–Crippen LogP) is 1.00. The van der Waals surface area contributed by atoms with Crippen molar-refractivity contribution >= 4 is 5.82 Å². The molecule has 0 spiro atoms. The van der Waals surface area contributed by atoms with Crippen LogP contribution in [-0.2, 0) is 0 Å². The average molecular weight is 227 g/mol. The SMILES string of the molecule is COc1ccc(-c2ncc(C#N)c(N)n2)cn1. The van der Waals surface area contributed by atoms with Gasteiger partial charge >= 0.3 is 0 Å². The summed E-state index contributed by atoms with van der Waals surface area (Å²) in [6.45, 7) is 0. The molecule has 6 nitrogen and oxygen atoms in total. The molecule has 0 amide bonds. The topological polar surface area (TPSA) is 97.7 Å². The fourth-order valence-corrected chi connectivity index (χ4v) is 1.25. The maximum atomic E-state index is 8.71. The van der Waals surface area contributed by atoms with E-state index in [0.29, 0.717) is 17.3 Å². The van der Waals surface area contributed by atoms with Crippen LogP contribution >= 0.6 is 0 Å². The van der Waals surface area contributed by atoms with Crippen molar-refractivity contribution in [2.45, 2.75) is 0 Å². The summed E-state index contributed by atoms with van der Waals surface area (Å²) in [6, 6.07) is 5.38. The van der Waals surface area contributed by atoms with Crippen LogP contribution < -0.4 is 10.5 Å². The second kappa shape index (κ2) is 4.45. The Balaban J connectivity index is 2.40. The molecule has 2 rings (SSSR count). The van der Waals surface area contributed by atoms with E-state index in [4.69, 9.17) is 15.7 Å². The van der Waals surface area contributed by atoms with Crippen LogP contribution in [0.5, 0.6) is 5.88 Å². The zero-order chi connectivity index (χ0) is 12.3. The number of aromatic nitrogens is 3. The molecule has 0 saturated heterocycles. The van der Waals surface area contributed by atoms with Gasteiger partial charge in [0.2, 0.25) is 5.88 Å². The molecule has 6 heteroatoms. The van der Waals surface area contributed by atoms with Gasteiger partial charge in [0.05, 0.1) is 13.3 Å². The number of nitriles is 1. The first-order valence-electron chi connectivity index (χ1n) is 4.77. The number of rotatable bonds is 2. The number of anilines is 1. The van der Waals surface area contributed by atoms with Crippen molar-refractivity contribution in [3.63, 3.8) is 0 Å². The fourth-order valence-electron chi connectivity index (χ4n) is 1.25. The number of pyridine rings is 1. The van der Waals surface area contributed by atoms with Crippen molar-refractivity contribution in [2.24, 2.45) is 0 Å². The Labute approximate surface area is 97.7 Å². The third-order valence-corrected chi connectivity index (χ3v) is 2.14. The molecule has 0 fully saturated rings. The minimum absolute atomic E-state index is 0.160. The predicted molar refractivity (Wildman–Crippen MR) is 60.9 cm³/mol. The zero-order valence-corrected chi connectivity index (χ0v) is 9.08. The maximum Gasteiger partial charge on any atom is 0.212 e. The van der Waals surface area contributed by atoms with Gasteiger partial charge in [0.25, 0.3) is 0 Å². The summed E-state index contributed by atoms with van der Waals surface area (Å²) in [5.41, 5.74) is 6.58. The van der Waals surface area contributed by atoms with Gasteiger partial charge in [0, 0.05) is 17.8 Å². The second-order valence-electron chi connectivity index (χ2n) is 3.19. The number of nitrogen functional groups attached to an aromatic ring is 1. The van der Waals surface area contributed by atoms with E-state index in [1.165, 1.54) is 13.3 Å². The van der Waals surface area contributed by atoms with Crippen molar-refractivity contribution in [1.29, 1.82) is 5.26 Å². The standard InChI is InChI=1S/C11H9N5O/c1-17-9-3-2-7(5-14-9)11-15-6-8(4-12)10(13)16-11/h2-3,5-6H,1H3,(H2,13,15,16). The largest absolute Gasteiger partial charge is 0.481 e. The first-order valence-corrected chi connectivity index (χ1v) is 4.77. The molecule has 0 aliphatic carbocycles. The van der Waals surface area contributed by atoms with Crippen molar-refractivity contribution in [1.82, 2.24) is 15.0 Å². The van der Waals surface area contributed by atoms with Crippen LogP contribution in [0.1, 0.15) is 5.56 Å². The van der Waals surface area contributed by atoms with E-state index in [-0.39, 0.29) is 11.4 Å². The molecule has 0 bridgehead atoms. The Hall–Kier alpha value is -2.68. The summed E-state index contributed by atoms with van der Waals surface area (Å²) in [4.78, 5) is 12.1. The summed E-state index contributed by atoms with van der Waals surface area (Å²) in [5, 5.41) is 8.71. The molecular formula is C11H9N5O. The van der Waals surface area contributed by atoms with Gasteiger partial charge in [-0.2, -0.15) is 5.26 Å². The average Bonchev–Trinajstić information content (AvgIpc) is 2.39. The van der Waals surface area contributed by atoms with Crippen molar-refractivity contribution in [3.8, 4) is 23.3 Å². The molecule has 0 radical (unpaired) electrons. The molecule has 2 aromatic rings. The lowest BCUT2D eigenvalue weighted by Crippen LogP contribution is -1.99. The molecule has 2 heterocycles. The third-order valence-electron chi connectivity index (χ3n) is 2.14. The first kappa shape index (κ1) is 10.8. The van der Waals surface area contributed by atoms with Crippen LogP contribution in [0, 0.1) is 11.3 Å². The number of ether oxygens (including phenoxy) is 1. The maximum absolute atomic E-state index is 8.71. The summed E-state index contributed by atoms with van der Waals surface area (Å²) in [7, 11) is 1.54. The van der Waals surface area contributed by atoms with Gasteiger partial charge in [-0.1, -0.05) is 0 Å². The monoisotopic (exact) mass is 227 g/mol. The first-order chi connectivity index (χ1) is 8.24. The highest BCUT2D eigenvalue weighted by molar-refractivity contribution is 5.58. The third kappa shape index (κ3) is 2.13. The smallest absolute Gasteiger partial charge is 0.212 e. The van der Waals surface area contributed by atoms with E-state index in [0.717, 1.165) is 0 Å². The lowest BCUT2D eigenvalue weighted by Gasteiger charge is -2.02. The molecule has 0 aromatic carbocycles. The van der Waals surface area contributed by atoms with Crippen LogP contribution in [0.15, 0.2) is 24.5 Å². The molecular weight excluding hydrogens is 218 g/mol. The molecule has 0 atom stereocenters. The number of nitrogens with two attached hydrogens (primary N) is 1. The van der Waals surface area contributed by atoms with Crippen LogP contribution in [0.2, 0.25) is 0 Å². The van der Waals surface area contributed by atoms with Crippen molar-refractivity contribution < 1.29 is 4.74 Å². The van der Waals surface area contributed by atoms with Gasteiger partial charge in [0.1, 0.15) is 17.5 Å². The molecule has 0 saturated carbocycles. The number of methoxy groups -OCH3 is 1. The van der Waals surface area contributed by atoms with Gasteiger partial charge in [-0.15, -0.1) is 0 Å². The van der Waals surface area contributed by atoms with Gasteiger partial charge in [0.15, 0.2) is 5.82 Å². The molecule has 2 N–H and O–H groups in total. The van der Waals surface area contributed by atoms with E-state index in [9.17, 15) is 0 Å². The van der Waals surface area contributed by atoms with E-state index >= 15 is 0 Å². The minimum atomic E-state index is 0.160. The Morgan fingerprint density at radius 3 is 2.65 bits per heavy atom. The summed E-state index contributed by atoms with van der Waals surface area (Å²) in [6.07, 6.45) is 2.97.